The Bertz CT molecular complexity index is 1090. The molecule has 140 valence electrons. The van der Waals surface area contributed by atoms with Crippen LogP contribution in [0.2, 0.25) is 0 Å². The second-order valence-corrected chi connectivity index (χ2v) is 7.52. The van der Waals surface area contributed by atoms with Crippen molar-refractivity contribution in [2.24, 2.45) is 0 Å². The van der Waals surface area contributed by atoms with Crippen LogP contribution in [0.25, 0.3) is 5.69 Å². The predicted octanol–water partition coefficient (Wildman–Crippen LogP) is 2.51. The maximum absolute atomic E-state index is 12.9. The molecular weight excluding hydrogens is 370 g/mol. The first-order valence-corrected chi connectivity index (χ1v) is 9.57. The van der Waals surface area contributed by atoms with E-state index in [0.29, 0.717) is 18.0 Å². The molecule has 27 heavy (non-hydrogen) atoms. The Kier molecular flexibility index (Phi) is 4.95. The Hall–Kier alpha value is -3.20. The molecule has 0 bridgehead atoms. The summed E-state index contributed by atoms with van der Waals surface area (Å²) < 4.78 is 32.4. The number of sulfone groups is 1. The Morgan fingerprint density at radius 3 is 2.52 bits per heavy atom. The molecule has 9 heteroatoms. The van der Waals surface area contributed by atoms with Crippen LogP contribution in [0.3, 0.4) is 0 Å². The number of benzene rings is 2. The molecule has 0 radical (unpaired) electrons. The first kappa shape index (κ1) is 18.6. The molecule has 1 aromatic heterocycles. The molecule has 0 aliphatic carbocycles. The summed E-state index contributed by atoms with van der Waals surface area (Å²) in [5.41, 5.74) is 0.762. The van der Waals surface area contributed by atoms with Gasteiger partial charge in [0.1, 0.15) is 5.75 Å². The summed E-state index contributed by atoms with van der Waals surface area (Å²) in [6.45, 7) is 3.88. The van der Waals surface area contributed by atoms with Gasteiger partial charge in [-0.25, -0.2) is 17.9 Å². The van der Waals surface area contributed by atoms with E-state index in [2.05, 4.69) is 10.3 Å². The maximum Gasteiger partial charge on any atom is 0.335 e. The minimum atomic E-state index is -3.88. The van der Waals surface area contributed by atoms with Crippen molar-refractivity contribution in [1.82, 2.24) is 15.0 Å². The number of nitrogens with zero attached hydrogens (tertiary/aromatic N) is 3. The fourth-order valence-electron chi connectivity index (χ4n) is 2.57. The second kappa shape index (κ2) is 7.20. The van der Waals surface area contributed by atoms with Crippen LogP contribution in [0.5, 0.6) is 5.75 Å². The molecule has 3 rings (SSSR count). The SMILES string of the molecule is CCOc1ccc(S(=O)(=O)c2nnn(-c3cccc(C(=O)O)c3)c2C)cc1. The van der Waals surface area contributed by atoms with E-state index in [0.717, 1.165) is 0 Å². The quantitative estimate of drug-likeness (QED) is 0.691. The predicted molar refractivity (Wildman–Crippen MR) is 96.1 cm³/mol. The van der Waals surface area contributed by atoms with Gasteiger partial charge in [-0.1, -0.05) is 11.3 Å². The van der Waals surface area contributed by atoms with E-state index in [1.54, 1.807) is 31.2 Å². The topological polar surface area (TPSA) is 111 Å². The number of ether oxygens (including phenoxy) is 1. The number of carboxylic acid groups (broad SMARTS) is 1. The lowest BCUT2D eigenvalue weighted by Gasteiger charge is -2.07. The molecule has 2 aromatic carbocycles. The van der Waals surface area contributed by atoms with Crippen molar-refractivity contribution in [3.63, 3.8) is 0 Å². The minimum Gasteiger partial charge on any atom is -0.494 e. The lowest BCUT2D eigenvalue weighted by Crippen LogP contribution is -2.06. The highest BCUT2D eigenvalue weighted by atomic mass is 32.2. The first-order chi connectivity index (χ1) is 12.8. The van der Waals surface area contributed by atoms with E-state index in [1.165, 1.54) is 28.9 Å². The van der Waals surface area contributed by atoms with Gasteiger partial charge >= 0.3 is 5.97 Å². The van der Waals surface area contributed by atoms with Crippen molar-refractivity contribution < 1.29 is 23.1 Å². The molecule has 0 saturated carbocycles. The van der Waals surface area contributed by atoms with Gasteiger partial charge in [0.25, 0.3) is 0 Å². The Labute approximate surface area is 155 Å². The van der Waals surface area contributed by atoms with Crippen LogP contribution < -0.4 is 4.74 Å². The fourth-order valence-corrected chi connectivity index (χ4v) is 3.91. The molecule has 3 aromatic rings. The van der Waals surface area contributed by atoms with E-state index in [1.807, 2.05) is 6.92 Å². The van der Waals surface area contributed by atoms with E-state index in [9.17, 15) is 13.2 Å². The molecule has 1 N–H and O–H groups in total. The zero-order valence-corrected chi connectivity index (χ0v) is 15.5. The van der Waals surface area contributed by atoms with Crippen LogP contribution in [0.15, 0.2) is 58.5 Å². The van der Waals surface area contributed by atoms with Crippen LogP contribution in [0.1, 0.15) is 23.0 Å². The molecule has 1 heterocycles. The van der Waals surface area contributed by atoms with Crippen LogP contribution in [0, 0.1) is 6.92 Å². The van der Waals surface area contributed by atoms with Gasteiger partial charge in [0.05, 0.1) is 28.4 Å². The Balaban J connectivity index is 2.01. The zero-order valence-electron chi connectivity index (χ0n) is 14.7. The number of hydrogen-bond donors (Lipinski definition) is 1. The molecule has 0 saturated heterocycles. The van der Waals surface area contributed by atoms with Gasteiger partial charge in [0.2, 0.25) is 14.9 Å². The van der Waals surface area contributed by atoms with Crippen molar-refractivity contribution in [2.45, 2.75) is 23.8 Å². The highest BCUT2D eigenvalue weighted by Gasteiger charge is 2.26. The minimum absolute atomic E-state index is 0.0679. The molecular formula is C18H17N3O5S. The zero-order chi connectivity index (χ0) is 19.6. The van der Waals surface area contributed by atoms with Gasteiger partial charge in [-0.05, 0) is 56.3 Å². The summed E-state index contributed by atoms with van der Waals surface area (Å²) in [7, 11) is -3.88. The lowest BCUT2D eigenvalue weighted by molar-refractivity contribution is 0.0697. The van der Waals surface area contributed by atoms with Crippen LogP contribution in [-0.2, 0) is 9.84 Å². The molecule has 0 amide bonds. The van der Waals surface area contributed by atoms with Crippen molar-refractivity contribution in [3.05, 3.63) is 59.8 Å². The normalized spacial score (nSPS) is 11.3. The molecule has 0 spiro atoms. The number of hydrogen-bond acceptors (Lipinski definition) is 6. The highest BCUT2D eigenvalue weighted by Crippen LogP contribution is 2.25. The maximum atomic E-state index is 12.9. The summed E-state index contributed by atoms with van der Waals surface area (Å²) >= 11 is 0. The summed E-state index contributed by atoms with van der Waals surface area (Å²) in [4.78, 5) is 11.2. The average Bonchev–Trinajstić information content (AvgIpc) is 3.05. The van der Waals surface area contributed by atoms with Gasteiger partial charge in [-0.2, -0.15) is 0 Å². The molecule has 0 aliphatic rings. The third kappa shape index (κ3) is 3.54. The third-order valence-corrected chi connectivity index (χ3v) is 5.67. The fraction of sp³-hybridized carbons (Fsp3) is 0.167. The highest BCUT2D eigenvalue weighted by molar-refractivity contribution is 7.91. The number of carboxylic acids is 1. The number of carbonyl (C=O) groups is 1. The Morgan fingerprint density at radius 2 is 1.89 bits per heavy atom. The number of aromatic nitrogens is 3. The molecule has 0 atom stereocenters. The molecule has 8 nitrogen and oxygen atoms in total. The summed E-state index contributed by atoms with van der Waals surface area (Å²) in [5, 5.41) is 16.6. The van der Waals surface area contributed by atoms with E-state index < -0.39 is 15.8 Å². The van der Waals surface area contributed by atoms with Gasteiger partial charge in [0, 0.05) is 0 Å². The molecule has 0 unspecified atom stereocenters. The van der Waals surface area contributed by atoms with Crippen LogP contribution in [0.4, 0.5) is 0 Å². The van der Waals surface area contributed by atoms with Crippen LogP contribution in [-0.4, -0.2) is 41.1 Å². The first-order valence-electron chi connectivity index (χ1n) is 8.08. The average molecular weight is 387 g/mol. The Morgan fingerprint density at radius 1 is 1.19 bits per heavy atom. The van der Waals surface area contributed by atoms with Crippen molar-refractivity contribution >= 4 is 15.8 Å². The van der Waals surface area contributed by atoms with Gasteiger partial charge in [-0.15, -0.1) is 5.10 Å². The van der Waals surface area contributed by atoms with Crippen LogP contribution >= 0.6 is 0 Å². The monoisotopic (exact) mass is 387 g/mol. The van der Waals surface area contributed by atoms with Gasteiger partial charge in [-0.3, -0.25) is 0 Å². The summed E-state index contributed by atoms with van der Waals surface area (Å²) in [6, 6.07) is 12.1. The third-order valence-electron chi connectivity index (χ3n) is 3.89. The van der Waals surface area contributed by atoms with E-state index in [4.69, 9.17) is 9.84 Å². The van der Waals surface area contributed by atoms with Gasteiger partial charge < -0.3 is 9.84 Å². The standard InChI is InChI=1S/C18H17N3O5S/c1-3-26-15-7-9-16(10-8-15)27(24,25)17-12(2)21(20-19-17)14-6-4-5-13(11-14)18(22)23/h4-11H,3H2,1-2H3,(H,22,23). The number of rotatable bonds is 6. The summed E-state index contributed by atoms with van der Waals surface area (Å²) in [6.07, 6.45) is 0. The van der Waals surface area contributed by atoms with Crippen molar-refractivity contribution in [3.8, 4) is 11.4 Å². The van der Waals surface area contributed by atoms with E-state index in [-0.39, 0.29) is 21.2 Å². The molecule has 0 fully saturated rings. The second-order valence-electron chi connectivity index (χ2n) is 5.66. The number of aromatic carboxylic acids is 1. The molecule has 0 aliphatic heterocycles. The van der Waals surface area contributed by atoms with E-state index >= 15 is 0 Å². The van der Waals surface area contributed by atoms with Crippen molar-refractivity contribution in [2.75, 3.05) is 6.61 Å². The smallest absolute Gasteiger partial charge is 0.335 e. The lowest BCUT2D eigenvalue weighted by atomic mass is 10.2. The summed E-state index contributed by atoms with van der Waals surface area (Å²) in [5.74, 6) is -0.515. The largest absolute Gasteiger partial charge is 0.494 e. The van der Waals surface area contributed by atoms with Crippen molar-refractivity contribution in [1.29, 1.82) is 0 Å². The van der Waals surface area contributed by atoms with Gasteiger partial charge in [0.15, 0.2) is 0 Å².